The van der Waals surface area contributed by atoms with Gasteiger partial charge < -0.3 is 5.11 Å². The van der Waals surface area contributed by atoms with E-state index in [1.165, 1.54) is 18.6 Å². The molecular formula is C8H5N3O2. The van der Waals surface area contributed by atoms with E-state index in [1.807, 2.05) is 0 Å². The van der Waals surface area contributed by atoms with Gasteiger partial charge in [-0.05, 0) is 6.07 Å². The van der Waals surface area contributed by atoms with E-state index in [-0.39, 0.29) is 5.56 Å². The lowest BCUT2D eigenvalue weighted by molar-refractivity contribution is 0.0698. The Bertz CT molecular complexity index is 464. The first-order valence-electron chi connectivity index (χ1n) is 3.58. The third-order valence-corrected chi connectivity index (χ3v) is 1.67. The molecule has 0 aliphatic rings. The highest BCUT2D eigenvalue weighted by molar-refractivity contribution is 6.01. The van der Waals surface area contributed by atoms with Gasteiger partial charge in [-0.15, -0.1) is 5.10 Å². The summed E-state index contributed by atoms with van der Waals surface area (Å²) in [7, 11) is 0. The molecule has 0 spiro atoms. The Hall–Kier alpha value is -2.04. The van der Waals surface area contributed by atoms with Gasteiger partial charge in [0.25, 0.3) is 0 Å². The fraction of sp³-hybridized carbons (Fsp3) is 0. The SMILES string of the molecule is O=C(O)c1cnnc2cnccc12. The molecule has 0 unspecified atom stereocenters. The third-order valence-electron chi connectivity index (χ3n) is 1.67. The molecule has 0 bridgehead atoms. The average molecular weight is 175 g/mol. The van der Waals surface area contributed by atoms with Crippen molar-refractivity contribution >= 4 is 16.9 Å². The van der Waals surface area contributed by atoms with Crippen molar-refractivity contribution in [3.05, 3.63) is 30.2 Å². The Morgan fingerprint density at radius 1 is 1.38 bits per heavy atom. The number of fused-ring (bicyclic) bond motifs is 1. The maximum Gasteiger partial charge on any atom is 0.338 e. The van der Waals surface area contributed by atoms with Crippen molar-refractivity contribution in [1.82, 2.24) is 15.2 Å². The number of aromatic carboxylic acids is 1. The van der Waals surface area contributed by atoms with Gasteiger partial charge in [-0.1, -0.05) is 0 Å². The minimum Gasteiger partial charge on any atom is -0.478 e. The molecule has 13 heavy (non-hydrogen) atoms. The molecule has 2 aromatic rings. The summed E-state index contributed by atoms with van der Waals surface area (Å²) in [5, 5.41) is 16.7. The average Bonchev–Trinajstić information content (AvgIpc) is 2.17. The number of nitrogens with zero attached hydrogens (tertiary/aromatic N) is 3. The predicted molar refractivity (Wildman–Crippen MR) is 44.3 cm³/mol. The fourth-order valence-corrected chi connectivity index (χ4v) is 1.08. The molecule has 2 aromatic heterocycles. The zero-order valence-corrected chi connectivity index (χ0v) is 6.51. The molecular weight excluding hydrogens is 170 g/mol. The quantitative estimate of drug-likeness (QED) is 0.691. The molecule has 0 radical (unpaired) electrons. The number of aromatic nitrogens is 3. The highest BCUT2D eigenvalue weighted by Gasteiger charge is 2.08. The normalized spacial score (nSPS) is 10.2. The van der Waals surface area contributed by atoms with E-state index in [0.29, 0.717) is 10.9 Å². The van der Waals surface area contributed by atoms with Gasteiger partial charge in [0.2, 0.25) is 0 Å². The minimum atomic E-state index is -1.01. The Kier molecular flexibility index (Phi) is 1.63. The van der Waals surface area contributed by atoms with Gasteiger partial charge in [-0.25, -0.2) is 4.79 Å². The summed E-state index contributed by atoms with van der Waals surface area (Å²) in [4.78, 5) is 14.5. The Morgan fingerprint density at radius 2 is 2.23 bits per heavy atom. The Balaban J connectivity index is 2.83. The van der Waals surface area contributed by atoms with Crippen LogP contribution in [0.2, 0.25) is 0 Å². The van der Waals surface area contributed by atoms with Crippen molar-refractivity contribution in [3.8, 4) is 0 Å². The van der Waals surface area contributed by atoms with Crippen molar-refractivity contribution < 1.29 is 9.90 Å². The third kappa shape index (κ3) is 1.20. The largest absolute Gasteiger partial charge is 0.478 e. The second-order valence-electron chi connectivity index (χ2n) is 2.46. The van der Waals surface area contributed by atoms with Crippen LogP contribution in [0.4, 0.5) is 0 Å². The van der Waals surface area contributed by atoms with Crippen molar-refractivity contribution in [1.29, 1.82) is 0 Å². The number of hydrogen-bond donors (Lipinski definition) is 1. The van der Waals surface area contributed by atoms with Crippen LogP contribution in [0, 0.1) is 0 Å². The molecule has 5 nitrogen and oxygen atoms in total. The zero-order chi connectivity index (χ0) is 9.26. The van der Waals surface area contributed by atoms with Crippen LogP contribution in [0.15, 0.2) is 24.7 Å². The van der Waals surface area contributed by atoms with Crippen molar-refractivity contribution in [3.63, 3.8) is 0 Å². The van der Waals surface area contributed by atoms with Gasteiger partial charge >= 0.3 is 5.97 Å². The molecule has 0 atom stereocenters. The summed E-state index contributed by atoms with van der Waals surface area (Å²) in [6, 6.07) is 1.60. The summed E-state index contributed by atoms with van der Waals surface area (Å²) < 4.78 is 0. The molecule has 1 N–H and O–H groups in total. The standard InChI is InChI=1S/C8H5N3O2/c12-8(13)6-3-10-11-7-4-9-2-1-5(6)7/h1-4H,(H,12,13). The lowest BCUT2D eigenvalue weighted by Crippen LogP contribution is -2.00. The minimum absolute atomic E-state index is 0.146. The van der Waals surface area contributed by atoms with Crippen LogP contribution >= 0.6 is 0 Å². The molecule has 0 amide bonds. The highest BCUT2D eigenvalue weighted by Crippen LogP contribution is 2.12. The molecule has 2 rings (SSSR count). The Labute approximate surface area is 73.1 Å². The molecule has 0 fully saturated rings. The first kappa shape index (κ1) is 7.60. The van der Waals surface area contributed by atoms with Gasteiger partial charge in [0.1, 0.15) is 5.52 Å². The summed E-state index contributed by atoms with van der Waals surface area (Å²) in [6.07, 6.45) is 4.23. The molecule has 64 valence electrons. The van der Waals surface area contributed by atoms with E-state index in [0.717, 1.165) is 0 Å². The van der Waals surface area contributed by atoms with Crippen molar-refractivity contribution in [2.45, 2.75) is 0 Å². The summed E-state index contributed by atoms with van der Waals surface area (Å²) in [5.41, 5.74) is 0.634. The van der Waals surface area contributed by atoms with E-state index in [4.69, 9.17) is 5.11 Å². The molecule has 5 heteroatoms. The number of pyridine rings is 1. The number of rotatable bonds is 1. The van der Waals surface area contributed by atoms with Crippen molar-refractivity contribution in [2.75, 3.05) is 0 Å². The summed E-state index contributed by atoms with van der Waals surface area (Å²) >= 11 is 0. The first-order valence-corrected chi connectivity index (χ1v) is 3.58. The van der Waals surface area contributed by atoms with Gasteiger partial charge in [0, 0.05) is 11.6 Å². The van der Waals surface area contributed by atoms with E-state index in [1.54, 1.807) is 6.07 Å². The second-order valence-corrected chi connectivity index (χ2v) is 2.46. The molecule has 0 aliphatic heterocycles. The van der Waals surface area contributed by atoms with Crippen LogP contribution in [-0.4, -0.2) is 26.3 Å². The van der Waals surface area contributed by atoms with E-state index >= 15 is 0 Å². The van der Waals surface area contributed by atoms with Crippen LogP contribution in [0.1, 0.15) is 10.4 Å². The Morgan fingerprint density at radius 3 is 3.00 bits per heavy atom. The maximum absolute atomic E-state index is 10.7. The summed E-state index contributed by atoms with van der Waals surface area (Å²) in [6.45, 7) is 0. The van der Waals surface area contributed by atoms with Gasteiger partial charge in [0.05, 0.1) is 18.0 Å². The van der Waals surface area contributed by atoms with Crippen molar-refractivity contribution in [2.24, 2.45) is 0 Å². The number of carboxylic acid groups (broad SMARTS) is 1. The zero-order valence-electron chi connectivity index (χ0n) is 6.51. The van der Waals surface area contributed by atoms with Crippen LogP contribution in [0.5, 0.6) is 0 Å². The van der Waals surface area contributed by atoms with Gasteiger partial charge in [0.15, 0.2) is 0 Å². The van der Waals surface area contributed by atoms with Crippen LogP contribution in [0.3, 0.4) is 0 Å². The van der Waals surface area contributed by atoms with E-state index in [2.05, 4.69) is 15.2 Å². The lowest BCUT2D eigenvalue weighted by atomic mass is 10.2. The topological polar surface area (TPSA) is 76.0 Å². The number of carboxylic acids is 1. The molecule has 0 saturated carbocycles. The fourth-order valence-electron chi connectivity index (χ4n) is 1.08. The van der Waals surface area contributed by atoms with E-state index in [9.17, 15) is 4.79 Å². The predicted octanol–water partition coefficient (Wildman–Crippen LogP) is 0.723. The lowest BCUT2D eigenvalue weighted by Gasteiger charge is -1.97. The smallest absolute Gasteiger partial charge is 0.338 e. The maximum atomic E-state index is 10.7. The molecule has 0 saturated heterocycles. The molecule has 0 aliphatic carbocycles. The van der Waals surface area contributed by atoms with Crippen LogP contribution < -0.4 is 0 Å². The molecule has 2 heterocycles. The molecule has 0 aromatic carbocycles. The van der Waals surface area contributed by atoms with Gasteiger partial charge in [-0.2, -0.15) is 5.10 Å². The van der Waals surface area contributed by atoms with E-state index < -0.39 is 5.97 Å². The number of carbonyl (C=O) groups is 1. The highest BCUT2D eigenvalue weighted by atomic mass is 16.4. The van der Waals surface area contributed by atoms with Gasteiger partial charge in [-0.3, -0.25) is 4.98 Å². The first-order chi connectivity index (χ1) is 6.29. The summed E-state index contributed by atoms with van der Waals surface area (Å²) in [5.74, 6) is -1.01. The monoisotopic (exact) mass is 175 g/mol. The van der Waals surface area contributed by atoms with Crippen LogP contribution in [0.25, 0.3) is 10.9 Å². The van der Waals surface area contributed by atoms with Crippen LogP contribution in [-0.2, 0) is 0 Å². The number of hydrogen-bond acceptors (Lipinski definition) is 4. The second kappa shape index (κ2) is 2.78.